The van der Waals surface area contributed by atoms with Crippen molar-refractivity contribution in [2.24, 2.45) is 0 Å². The number of thiazole rings is 1. The van der Waals surface area contributed by atoms with Gasteiger partial charge < -0.3 is 14.5 Å². The van der Waals surface area contributed by atoms with E-state index in [0.29, 0.717) is 34.5 Å². The largest absolute Gasteiger partial charge is 0.490 e. The van der Waals surface area contributed by atoms with Crippen LogP contribution in [0, 0.1) is 0 Å². The summed E-state index contributed by atoms with van der Waals surface area (Å²) < 4.78 is 10.8. The van der Waals surface area contributed by atoms with Crippen molar-refractivity contribution in [3.63, 3.8) is 0 Å². The number of hydrogen-bond acceptors (Lipinski definition) is 5. The van der Waals surface area contributed by atoms with E-state index >= 15 is 0 Å². The molecule has 0 fully saturated rings. The van der Waals surface area contributed by atoms with Crippen LogP contribution < -0.4 is 10.1 Å². The summed E-state index contributed by atoms with van der Waals surface area (Å²) in [7, 11) is 0. The molecule has 7 heteroatoms. The number of benzene rings is 1. The Labute approximate surface area is 148 Å². The molecule has 1 aromatic carbocycles. The topological polar surface area (TPSA) is 64.4 Å². The zero-order chi connectivity index (χ0) is 16.9. The van der Waals surface area contributed by atoms with Gasteiger partial charge in [0.05, 0.1) is 35.7 Å². The van der Waals surface area contributed by atoms with Gasteiger partial charge in [-0.15, -0.1) is 11.3 Å². The number of rotatable bonds is 6. The minimum absolute atomic E-state index is 0.162. The molecule has 124 valence electrons. The highest BCUT2D eigenvalue weighted by Crippen LogP contribution is 2.33. The highest BCUT2D eigenvalue weighted by atomic mass is 35.5. The first-order chi connectivity index (χ1) is 11.7. The summed E-state index contributed by atoms with van der Waals surface area (Å²) in [5.41, 5.74) is 1.24. The molecule has 3 rings (SSSR count). The number of aromatic nitrogens is 1. The van der Waals surface area contributed by atoms with Crippen LogP contribution in [-0.4, -0.2) is 17.5 Å². The first kappa shape index (κ1) is 16.5. The van der Waals surface area contributed by atoms with E-state index in [1.807, 2.05) is 18.4 Å². The predicted octanol–water partition coefficient (Wildman–Crippen LogP) is 4.64. The average Bonchev–Trinajstić information content (AvgIpc) is 3.21. The first-order valence-electron chi connectivity index (χ1n) is 7.37. The standard InChI is InChI=1S/C17H15ClN2O3S/c1-2-22-16-12(18)5-3-6-13(16)20-15(21)9-11-10-24-17(19-11)14-7-4-8-23-14/h3-8,10H,2,9H2,1H3,(H,20,21). The summed E-state index contributed by atoms with van der Waals surface area (Å²) in [6, 6.07) is 8.88. The van der Waals surface area contributed by atoms with E-state index in [2.05, 4.69) is 10.3 Å². The third-order valence-electron chi connectivity index (χ3n) is 3.16. The van der Waals surface area contributed by atoms with E-state index in [1.54, 1.807) is 30.5 Å². The Morgan fingerprint density at radius 2 is 2.25 bits per heavy atom. The van der Waals surface area contributed by atoms with E-state index in [0.717, 1.165) is 5.01 Å². The number of furan rings is 1. The molecule has 3 aromatic rings. The summed E-state index contributed by atoms with van der Waals surface area (Å²) >= 11 is 7.55. The Hall–Kier alpha value is -2.31. The van der Waals surface area contributed by atoms with E-state index in [1.165, 1.54) is 11.3 Å². The molecule has 1 N–H and O–H groups in total. The second-order valence-electron chi connectivity index (χ2n) is 4.90. The number of nitrogens with one attached hydrogen (secondary N) is 1. The van der Waals surface area contributed by atoms with Gasteiger partial charge in [0.2, 0.25) is 5.91 Å². The van der Waals surface area contributed by atoms with Gasteiger partial charge in [-0.2, -0.15) is 0 Å². The summed E-state index contributed by atoms with van der Waals surface area (Å²) in [4.78, 5) is 16.7. The Morgan fingerprint density at radius 1 is 1.38 bits per heavy atom. The van der Waals surface area contributed by atoms with Crippen molar-refractivity contribution in [1.29, 1.82) is 0 Å². The highest BCUT2D eigenvalue weighted by Gasteiger charge is 2.14. The lowest BCUT2D eigenvalue weighted by Gasteiger charge is -2.12. The predicted molar refractivity (Wildman–Crippen MR) is 94.8 cm³/mol. The maximum Gasteiger partial charge on any atom is 0.230 e. The van der Waals surface area contributed by atoms with Crippen molar-refractivity contribution in [3.8, 4) is 16.5 Å². The molecule has 0 aliphatic carbocycles. The Kier molecular flexibility index (Phi) is 5.17. The fourth-order valence-electron chi connectivity index (χ4n) is 2.16. The van der Waals surface area contributed by atoms with E-state index < -0.39 is 0 Å². The fraction of sp³-hybridized carbons (Fsp3) is 0.176. The van der Waals surface area contributed by atoms with Gasteiger partial charge in [0.25, 0.3) is 0 Å². The van der Waals surface area contributed by atoms with E-state index in [9.17, 15) is 4.79 Å². The molecule has 2 heterocycles. The average molecular weight is 363 g/mol. The van der Waals surface area contributed by atoms with Crippen molar-refractivity contribution in [1.82, 2.24) is 4.98 Å². The molecular weight excluding hydrogens is 348 g/mol. The van der Waals surface area contributed by atoms with Crippen LogP contribution in [0.25, 0.3) is 10.8 Å². The third-order valence-corrected chi connectivity index (χ3v) is 4.36. The number of hydrogen-bond donors (Lipinski definition) is 1. The smallest absolute Gasteiger partial charge is 0.230 e. The fourth-order valence-corrected chi connectivity index (χ4v) is 3.17. The Bertz CT molecular complexity index is 830. The van der Waals surface area contributed by atoms with Gasteiger partial charge in [-0.3, -0.25) is 4.79 Å². The Morgan fingerprint density at radius 3 is 3.00 bits per heavy atom. The number of amides is 1. The van der Waals surface area contributed by atoms with Gasteiger partial charge >= 0.3 is 0 Å². The molecule has 0 saturated carbocycles. The molecule has 0 atom stereocenters. The molecule has 0 radical (unpaired) electrons. The van der Waals surface area contributed by atoms with Gasteiger partial charge in [0, 0.05) is 5.38 Å². The lowest BCUT2D eigenvalue weighted by molar-refractivity contribution is -0.115. The van der Waals surface area contributed by atoms with Crippen molar-refractivity contribution < 1.29 is 13.9 Å². The number of carbonyl (C=O) groups is 1. The van der Waals surface area contributed by atoms with Crippen molar-refractivity contribution >= 4 is 34.5 Å². The molecule has 0 saturated heterocycles. The van der Waals surface area contributed by atoms with Crippen LogP contribution in [0.1, 0.15) is 12.6 Å². The molecule has 5 nitrogen and oxygen atoms in total. The van der Waals surface area contributed by atoms with Gasteiger partial charge in [-0.25, -0.2) is 4.98 Å². The van der Waals surface area contributed by atoms with Crippen molar-refractivity contribution in [2.75, 3.05) is 11.9 Å². The first-order valence-corrected chi connectivity index (χ1v) is 8.62. The lowest BCUT2D eigenvalue weighted by Crippen LogP contribution is -2.15. The SMILES string of the molecule is CCOc1c(Cl)cccc1NC(=O)Cc1csc(-c2ccco2)n1. The molecular formula is C17H15ClN2O3S. The lowest BCUT2D eigenvalue weighted by atomic mass is 10.2. The minimum atomic E-state index is -0.186. The number of nitrogens with zero attached hydrogens (tertiary/aromatic N) is 1. The normalized spacial score (nSPS) is 10.6. The van der Waals surface area contributed by atoms with Crippen LogP contribution >= 0.6 is 22.9 Å². The molecule has 0 spiro atoms. The van der Waals surface area contributed by atoms with Crippen LogP contribution in [0.4, 0.5) is 5.69 Å². The molecule has 1 amide bonds. The highest BCUT2D eigenvalue weighted by molar-refractivity contribution is 7.13. The van der Waals surface area contributed by atoms with Gasteiger partial charge in [-0.05, 0) is 31.2 Å². The van der Waals surface area contributed by atoms with Gasteiger partial charge in [-0.1, -0.05) is 17.7 Å². The van der Waals surface area contributed by atoms with Crippen molar-refractivity contribution in [3.05, 3.63) is 52.7 Å². The summed E-state index contributed by atoms with van der Waals surface area (Å²) in [5.74, 6) is 0.985. The summed E-state index contributed by atoms with van der Waals surface area (Å²) in [5, 5.41) is 5.88. The monoisotopic (exact) mass is 362 g/mol. The number of ether oxygens (including phenoxy) is 1. The minimum Gasteiger partial charge on any atom is -0.490 e. The molecule has 0 bridgehead atoms. The number of carbonyl (C=O) groups excluding carboxylic acids is 1. The van der Waals surface area contributed by atoms with Gasteiger partial charge in [0.1, 0.15) is 0 Å². The molecule has 0 aliphatic rings. The quantitative estimate of drug-likeness (QED) is 0.694. The molecule has 0 aliphatic heterocycles. The van der Waals surface area contributed by atoms with Crippen LogP contribution in [0.15, 0.2) is 46.4 Å². The van der Waals surface area contributed by atoms with Crippen LogP contribution in [0.5, 0.6) is 5.75 Å². The maximum atomic E-state index is 12.3. The van der Waals surface area contributed by atoms with Crippen LogP contribution in [-0.2, 0) is 11.2 Å². The summed E-state index contributed by atoms with van der Waals surface area (Å²) in [6.45, 7) is 2.32. The van der Waals surface area contributed by atoms with Gasteiger partial charge in [0.15, 0.2) is 16.5 Å². The van der Waals surface area contributed by atoms with E-state index in [4.69, 9.17) is 20.8 Å². The number of halogens is 1. The van der Waals surface area contributed by atoms with E-state index in [-0.39, 0.29) is 12.3 Å². The Balaban J connectivity index is 1.69. The molecule has 0 unspecified atom stereocenters. The zero-order valence-electron chi connectivity index (χ0n) is 12.9. The number of anilines is 1. The maximum absolute atomic E-state index is 12.3. The van der Waals surface area contributed by atoms with Crippen LogP contribution in [0.3, 0.4) is 0 Å². The molecule has 2 aromatic heterocycles. The zero-order valence-corrected chi connectivity index (χ0v) is 14.5. The molecule has 24 heavy (non-hydrogen) atoms. The second kappa shape index (κ2) is 7.51. The van der Waals surface area contributed by atoms with Crippen molar-refractivity contribution in [2.45, 2.75) is 13.3 Å². The van der Waals surface area contributed by atoms with Crippen LogP contribution in [0.2, 0.25) is 5.02 Å². The third kappa shape index (κ3) is 3.77. The second-order valence-corrected chi connectivity index (χ2v) is 6.16. The summed E-state index contributed by atoms with van der Waals surface area (Å²) in [6.07, 6.45) is 1.76. The number of para-hydroxylation sites is 1.